The zero-order valence-corrected chi connectivity index (χ0v) is 11.7. The van der Waals surface area contributed by atoms with Crippen LogP contribution in [0.15, 0.2) is 27.6 Å². The minimum Gasteiger partial charge on any atom is -0.396 e. The number of aliphatic hydroxyl groups excluding tert-OH is 1. The second kappa shape index (κ2) is 5.43. The predicted octanol–water partition coefficient (Wildman–Crippen LogP) is 3.13. The van der Waals surface area contributed by atoms with Crippen LogP contribution in [0.3, 0.4) is 0 Å². The minimum absolute atomic E-state index is 0.290. The van der Waals surface area contributed by atoms with Gasteiger partial charge < -0.3 is 10.0 Å². The van der Waals surface area contributed by atoms with Crippen LogP contribution in [0.4, 0.5) is 5.69 Å². The van der Waals surface area contributed by atoms with Crippen LogP contribution in [0, 0.1) is 0 Å². The van der Waals surface area contributed by atoms with E-state index in [0.29, 0.717) is 6.04 Å². The molecule has 1 aliphatic heterocycles. The Morgan fingerprint density at radius 2 is 2.38 bits per heavy atom. The summed E-state index contributed by atoms with van der Waals surface area (Å²) in [5, 5.41) is 8.90. The molecule has 1 N–H and O–H groups in total. The van der Waals surface area contributed by atoms with Crippen molar-refractivity contribution >= 4 is 33.4 Å². The molecule has 88 valence electrons. The maximum atomic E-state index is 8.90. The molecule has 4 heteroatoms. The fourth-order valence-electron chi connectivity index (χ4n) is 2.04. The van der Waals surface area contributed by atoms with Crippen molar-refractivity contribution in [2.24, 2.45) is 0 Å². The van der Waals surface area contributed by atoms with Gasteiger partial charge in [0, 0.05) is 34.8 Å². The smallest absolute Gasteiger partial charge is 0.0648 e. The molecule has 16 heavy (non-hydrogen) atoms. The van der Waals surface area contributed by atoms with Crippen molar-refractivity contribution in [1.29, 1.82) is 0 Å². The first-order valence-corrected chi connectivity index (χ1v) is 7.27. The van der Waals surface area contributed by atoms with Gasteiger partial charge in [-0.15, -0.1) is 11.8 Å². The molecule has 1 aromatic carbocycles. The summed E-state index contributed by atoms with van der Waals surface area (Å²) >= 11 is 5.53. The summed E-state index contributed by atoms with van der Waals surface area (Å²) < 4.78 is 1.16. The molecule has 1 aliphatic rings. The second-order valence-electron chi connectivity index (χ2n) is 4.03. The summed E-state index contributed by atoms with van der Waals surface area (Å²) in [5.41, 5.74) is 1.29. The van der Waals surface area contributed by atoms with Gasteiger partial charge in [-0.1, -0.05) is 6.07 Å². The molecule has 1 atom stereocenters. The molecular formula is C12H16BrNOS. The van der Waals surface area contributed by atoms with Crippen molar-refractivity contribution in [2.45, 2.75) is 23.8 Å². The first kappa shape index (κ1) is 12.3. The average molecular weight is 302 g/mol. The largest absolute Gasteiger partial charge is 0.396 e. The van der Waals surface area contributed by atoms with Gasteiger partial charge in [-0.2, -0.15) is 0 Å². The Bertz CT molecular complexity index is 372. The average Bonchev–Trinajstić information content (AvgIpc) is 2.28. The standard InChI is InChI=1S/C12H16BrNOS/c1-14-9(4-3-7-15)8-16-11-6-2-5-10(13)12(11)14/h2,5-6,9,15H,3-4,7-8H2,1H3. The summed E-state index contributed by atoms with van der Waals surface area (Å²) in [6, 6.07) is 6.87. The van der Waals surface area contributed by atoms with E-state index in [4.69, 9.17) is 5.11 Å². The highest BCUT2D eigenvalue weighted by Crippen LogP contribution is 2.41. The third-order valence-electron chi connectivity index (χ3n) is 2.98. The number of anilines is 1. The number of halogens is 1. The highest BCUT2D eigenvalue weighted by atomic mass is 79.9. The van der Waals surface area contributed by atoms with Gasteiger partial charge in [-0.3, -0.25) is 0 Å². The highest BCUT2D eigenvalue weighted by molar-refractivity contribution is 9.10. The van der Waals surface area contributed by atoms with Crippen LogP contribution < -0.4 is 4.90 Å². The van der Waals surface area contributed by atoms with Gasteiger partial charge in [0.05, 0.1) is 5.69 Å². The van der Waals surface area contributed by atoms with Crippen LogP contribution in [-0.2, 0) is 0 Å². The lowest BCUT2D eigenvalue weighted by atomic mass is 10.1. The second-order valence-corrected chi connectivity index (χ2v) is 5.94. The molecule has 0 fully saturated rings. The highest BCUT2D eigenvalue weighted by Gasteiger charge is 2.24. The summed E-state index contributed by atoms with van der Waals surface area (Å²) in [6.45, 7) is 0.290. The molecule has 0 aromatic heterocycles. The van der Waals surface area contributed by atoms with Crippen LogP contribution in [0.25, 0.3) is 0 Å². The lowest BCUT2D eigenvalue weighted by Gasteiger charge is -2.36. The van der Waals surface area contributed by atoms with E-state index in [9.17, 15) is 0 Å². The molecule has 0 bridgehead atoms. The molecule has 1 unspecified atom stereocenters. The molecule has 0 amide bonds. The summed E-state index contributed by atoms with van der Waals surface area (Å²) in [5.74, 6) is 1.11. The number of nitrogens with zero attached hydrogens (tertiary/aromatic N) is 1. The van der Waals surface area contributed by atoms with Crippen LogP contribution in [0.5, 0.6) is 0 Å². The molecule has 1 heterocycles. The van der Waals surface area contributed by atoms with Gasteiger partial charge in [-0.25, -0.2) is 0 Å². The van der Waals surface area contributed by atoms with E-state index in [-0.39, 0.29) is 6.61 Å². The van der Waals surface area contributed by atoms with Crippen LogP contribution in [-0.4, -0.2) is 30.6 Å². The molecule has 2 rings (SSSR count). The van der Waals surface area contributed by atoms with Crippen LogP contribution in [0.2, 0.25) is 0 Å². The number of hydrogen-bond acceptors (Lipinski definition) is 3. The Kier molecular flexibility index (Phi) is 4.16. The third kappa shape index (κ3) is 2.39. The van der Waals surface area contributed by atoms with E-state index in [1.54, 1.807) is 0 Å². The van der Waals surface area contributed by atoms with E-state index >= 15 is 0 Å². The third-order valence-corrected chi connectivity index (χ3v) is 4.81. The van der Waals surface area contributed by atoms with E-state index < -0.39 is 0 Å². The number of hydrogen-bond donors (Lipinski definition) is 1. The number of benzene rings is 1. The Morgan fingerprint density at radius 3 is 3.12 bits per heavy atom. The first-order chi connectivity index (χ1) is 7.74. The van der Waals surface area contributed by atoms with Crippen LogP contribution >= 0.6 is 27.7 Å². The van der Waals surface area contributed by atoms with E-state index in [1.807, 2.05) is 11.8 Å². The Hall–Kier alpha value is -0.190. The SMILES string of the molecule is CN1c2c(Br)cccc2SCC1CCCO. The number of fused-ring (bicyclic) bond motifs is 1. The Balaban J connectivity index is 2.20. The maximum Gasteiger partial charge on any atom is 0.0648 e. The van der Waals surface area contributed by atoms with Crippen molar-refractivity contribution in [3.8, 4) is 0 Å². The zero-order valence-electron chi connectivity index (χ0n) is 9.32. The quantitative estimate of drug-likeness (QED) is 0.928. The molecule has 0 aliphatic carbocycles. The van der Waals surface area contributed by atoms with E-state index in [2.05, 4.69) is 46.1 Å². The number of aliphatic hydroxyl groups is 1. The Labute approximate surface area is 109 Å². The van der Waals surface area contributed by atoms with E-state index in [1.165, 1.54) is 10.6 Å². The minimum atomic E-state index is 0.290. The number of rotatable bonds is 3. The van der Waals surface area contributed by atoms with Gasteiger partial charge in [0.15, 0.2) is 0 Å². The van der Waals surface area contributed by atoms with Crippen molar-refractivity contribution in [3.05, 3.63) is 22.7 Å². The van der Waals surface area contributed by atoms with Gasteiger partial charge >= 0.3 is 0 Å². The van der Waals surface area contributed by atoms with Crippen molar-refractivity contribution in [2.75, 3.05) is 24.3 Å². The van der Waals surface area contributed by atoms with Gasteiger partial charge in [0.25, 0.3) is 0 Å². The molecule has 1 aromatic rings. The number of para-hydroxylation sites is 1. The summed E-state index contributed by atoms with van der Waals surface area (Å²) in [4.78, 5) is 3.68. The maximum absolute atomic E-state index is 8.90. The van der Waals surface area contributed by atoms with Gasteiger partial charge in [-0.05, 0) is 40.9 Å². The lowest BCUT2D eigenvalue weighted by Crippen LogP contribution is -2.37. The molecule has 0 radical (unpaired) electrons. The topological polar surface area (TPSA) is 23.5 Å². The normalized spacial score (nSPS) is 19.7. The monoisotopic (exact) mass is 301 g/mol. The van der Waals surface area contributed by atoms with Gasteiger partial charge in [0.1, 0.15) is 0 Å². The van der Waals surface area contributed by atoms with Gasteiger partial charge in [0.2, 0.25) is 0 Å². The molecular weight excluding hydrogens is 286 g/mol. The van der Waals surface area contributed by atoms with E-state index in [0.717, 1.165) is 23.1 Å². The molecule has 2 nitrogen and oxygen atoms in total. The zero-order chi connectivity index (χ0) is 11.5. The summed E-state index contributed by atoms with van der Waals surface area (Å²) in [7, 11) is 2.14. The van der Waals surface area contributed by atoms with Crippen molar-refractivity contribution in [3.63, 3.8) is 0 Å². The number of thioether (sulfide) groups is 1. The van der Waals surface area contributed by atoms with Crippen molar-refractivity contribution < 1.29 is 5.11 Å². The Morgan fingerprint density at radius 1 is 1.56 bits per heavy atom. The molecule has 0 spiro atoms. The van der Waals surface area contributed by atoms with Crippen LogP contribution in [0.1, 0.15) is 12.8 Å². The summed E-state index contributed by atoms with van der Waals surface area (Å²) in [6.07, 6.45) is 1.94. The lowest BCUT2D eigenvalue weighted by molar-refractivity contribution is 0.280. The fourth-order valence-corrected chi connectivity index (χ4v) is 4.14. The molecule has 0 saturated carbocycles. The molecule has 0 saturated heterocycles. The predicted molar refractivity (Wildman–Crippen MR) is 73.4 cm³/mol. The fraction of sp³-hybridized carbons (Fsp3) is 0.500. The first-order valence-electron chi connectivity index (χ1n) is 5.49. The van der Waals surface area contributed by atoms with Crippen molar-refractivity contribution in [1.82, 2.24) is 0 Å².